The van der Waals surface area contributed by atoms with Crippen molar-refractivity contribution < 1.29 is 23.9 Å². The third-order valence-electron chi connectivity index (χ3n) is 5.45. The van der Waals surface area contributed by atoms with Gasteiger partial charge in [0.05, 0.1) is 0 Å². The molecule has 0 radical (unpaired) electrons. The molecule has 8 heteroatoms. The minimum absolute atomic E-state index is 0.0542. The monoisotopic (exact) mass is 439 g/mol. The minimum atomic E-state index is -0.494. The zero-order valence-corrected chi connectivity index (χ0v) is 18.2. The zero-order chi connectivity index (χ0) is 22.9. The number of benzene rings is 2. The molecule has 1 saturated heterocycles. The highest BCUT2D eigenvalue weighted by Gasteiger charge is 2.27. The highest BCUT2D eigenvalue weighted by molar-refractivity contribution is 5.94. The average Bonchev–Trinajstić information content (AvgIpc) is 2.82. The number of hydrogen-bond acceptors (Lipinski definition) is 5. The second kappa shape index (κ2) is 11.3. The molecule has 0 bridgehead atoms. The quantitative estimate of drug-likeness (QED) is 0.584. The number of primary amides is 1. The Balaban J connectivity index is 1.48. The van der Waals surface area contributed by atoms with Crippen LogP contribution in [0.2, 0.25) is 0 Å². The number of carbonyl (C=O) groups excluding carboxylic acids is 3. The first-order chi connectivity index (χ1) is 15.5. The van der Waals surface area contributed by atoms with Crippen LogP contribution in [0, 0.1) is 5.92 Å². The lowest BCUT2D eigenvalue weighted by Crippen LogP contribution is -2.43. The van der Waals surface area contributed by atoms with Gasteiger partial charge in [-0.1, -0.05) is 0 Å². The van der Waals surface area contributed by atoms with Crippen LogP contribution >= 0.6 is 0 Å². The van der Waals surface area contributed by atoms with E-state index < -0.39 is 5.91 Å². The summed E-state index contributed by atoms with van der Waals surface area (Å²) in [7, 11) is 1.64. The Morgan fingerprint density at radius 2 is 1.53 bits per heavy atom. The first-order valence-electron chi connectivity index (χ1n) is 10.7. The number of nitrogens with one attached hydrogen (secondary N) is 1. The summed E-state index contributed by atoms with van der Waals surface area (Å²) in [4.78, 5) is 38.0. The van der Waals surface area contributed by atoms with E-state index in [2.05, 4.69) is 5.32 Å². The van der Waals surface area contributed by atoms with Crippen molar-refractivity contribution in [3.8, 4) is 11.5 Å². The summed E-state index contributed by atoms with van der Waals surface area (Å²) in [6, 6.07) is 13.4. The molecule has 170 valence electrons. The second-order valence-corrected chi connectivity index (χ2v) is 7.72. The van der Waals surface area contributed by atoms with Crippen LogP contribution in [0.3, 0.4) is 0 Å². The lowest BCUT2D eigenvalue weighted by atomic mass is 9.95. The number of nitrogens with two attached hydrogens (primary N) is 1. The third-order valence-corrected chi connectivity index (χ3v) is 5.45. The Hall–Kier alpha value is -3.39. The van der Waals surface area contributed by atoms with Gasteiger partial charge in [-0.05, 0) is 67.8 Å². The maximum absolute atomic E-state index is 12.8. The first kappa shape index (κ1) is 23.3. The van der Waals surface area contributed by atoms with E-state index in [1.807, 2.05) is 0 Å². The SMILES string of the molecule is COCCCNC(=O)C1CCN(C(=O)c2ccc(Oc3ccc(C(N)=O)cc3)cc2)CC1. The van der Waals surface area contributed by atoms with E-state index in [9.17, 15) is 14.4 Å². The van der Waals surface area contributed by atoms with Gasteiger partial charge in [0.25, 0.3) is 5.91 Å². The Bertz CT molecular complexity index is 920. The summed E-state index contributed by atoms with van der Waals surface area (Å²) in [6.45, 7) is 2.34. The molecule has 8 nitrogen and oxygen atoms in total. The highest BCUT2D eigenvalue weighted by Crippen LogP contribution is 2.24. The Morgan fingerprint density at radius 3 is 2.06 bits per heavy atom. The molecule has 2 aromatic carbocycles. The van der Waals surface area contributed by atoms with Gasteiger partial charge in [-0.3, -0.25) is 14.4 Å². The zero-order valence-electron chi connectivity index (χ0n) is 18.2. The summed E-state index contributed by atoms with van der Waals surface area (Å²) >= 11 is 0. The lowest BCUT2D eigenvalue weighted by Gasteiger charge is -2.31. The molecule has 0 aromatic heterocycles. The highest BCUT2D eigenvalue weighted by atomic mass is 16.5. The van der Waals surface area contributed by atoms with Crippen LogP contribution in [0.4, 0.5) is 0 Å². The summed E-state index contributed by atoms with van der Waals surface area (Å²) < 4.78 is 10.7. The van der Waals surface area contributed by atoms with Gasteiger partial charge in [0.1, 0.15) is 11.5 Å². The van der Waals surface area contributed by atoms with Gasteiger partial charge in [0, 0.05) is 50.4 Å². The minimum Gasteiger partial charge on any atom is -0.457 e. The molecule has 3 N–H and O–H groups in total. The normalized spacial score (nSPS) is 14.1. The first-order valence-corrected chi connectivity index (χ1v) is 10.7. The van der Waals surface area contributed by atoms with E-state index in [1.165, 1.54) is 0 Å². The molecule has 32 heavy (non-hydrogen) atoms. The van der Waals surface area contributed by atoms with E-state index in [0.717, 1.165) is 6.42 Å². The fraction of sp³-hybridized carbons (Fsp3) is 0.375. The van der Waals surface area contributed by atoms with Crippen molar-refractivity contribution in [3.63, 3.8) is 0 Å². The summed E-state index contributed by atoms with van der Waals surface area (Å²) in [5, 5.41) is 2.94. The van der Waals surface area contributed by atoms with Crippen LogP contribution in [-0.2, 0) is 9.53 Å². The lowest BCUT2D eigenvalue weighted by molar-refractivity contribution is -0.126. The van der Waals surface area contributed by atoms with E-state index >= 15 is 0 Å². The van der Waals surface area contributed by atoms with Crippen LogP contribution in [-0.4, -0.2) is 56.0 Å². The topological polar surface area (TPSA) is 111 Å². The van der Waals surface area contributed by atoms with Crippen molar-refractivity contribution in [1.29, 1.82) is 0 Å². The number of carbonyl (C=O) groups is 3. The smallest absolute Gasteiger partial charge is 0.253 e. The second-order valence-electron chi connectivity index (χ2n) is 7.72. The summed E-state index contributed by atoms with van der Waals surface area (Å²) in [5.74, 6) is 0.596. The van der Waals surface area contributed by atoms with Gasteiger partial charge in [0.15, 0.2) is 0 Å². The predicted octanol–water partition coefficient (Wildman–Crippen LogP) is 2.58. The Labute approximate surface area is 187 Å². The third kappa shape index (κ3) is 6.31. The van der Waals surface area contributed by atoms with Crippen LogP contribution in [0.15, 0.2) is 48.5 Å². The van der Waals surface area contributed by atoms with Crippen molar-refractivity contribution >= 4 is 17.7 Å². The number of methoxy groups -OCH3 is 1. The van der Waals surface area contributed by atoms with Crippen molar-refractivity contribution in [2.24, 2.45) is 11.7 Å². The fourth-order valence-corrected chi connectivity index (χ4v) is 3.59. The van der Waals surface area contributed by atoms with Crippen molar-refractivity contribution in [1.82, 2.24) is 10.2 Å². The molecule has 1 heterocycles. The van der Waals surface area contributed by atoms with Crippen LogP contribution < -0.4 is 15.8 Å². The summed E-state index contributed by atoms with van der Waals surface area (Å²) in [5.41, 5.74) is 6.22. The largest absolute Gasteiger partial charge is 0.457 e. The van der Waals surface area contributed by atoms with Crippen LogP contribution in [0.1, 0.15) is 40.0 Å². The molecule has 2 aromatic rings. The van der Waals surface area contributed by atoms with Crippen LogP contribution in [0.25, 0.3) is 0 Å². The summed E-state index contributed by atoms with van der Waals surface area (Å²) in [6.07, 6.45) is 2.10. The molecule has 1 fully saturated rings. The van der Waals surface area contributed by atoms with Gasteiger partial charge in [-0.2, -0.15) is 0 Å². The van der Waals surface area contributed by atoms with Gasteiger partial charge < -0.3 is 25.4 Å². The molecule has 0 unspecified atom stereocenters. The number of ether oxygens (including phenoxy) is 2. The van der Waals surface area contributed by atoms with E-state index in [0.29, 0.717) is 61.7 Å². The molecule has 3 amide bonds. The predicted molar refractivity (Wildman–Crippen MR) is 120 cm³/mol. The van der Waals surface area contributed by atoms with E-state index in [4.69, 9.17) is 15.2 Å². The number of likely N-dealkylation sites (tertiary alicyclic amines) is 1. The fourth-order valence-electron chi connectivity index (χ4n) is 3.59. The van der Waals surface area contributed by atoms with Crippen molar-refractivity contribution in [2.45, 2.75) is 19.3 Å². The number of amides is 3. The average molecular weight is 440 g/mol. The molecule has 3 rings (SSSR count). The molecule has 1 aliphatic heterocycles. The van der Waals surface area contributed by atoms with Gasteiger partial charge in [-0.25, -0.2) is 0 Å². The number of rotatable bonds is 9. The maximum Gasteiger partial charge on any atom is 0.253 e. The molecule has 0 atom stereocenters. The van der Waals surface area contributed by atoms with Gasteiger partial charge in [0.2, 0.25) is 11.8 Å². The molecule has 1 aliphatic rings. The van der Waals surface area contributed by atoms with Gasteiger partial charge in [-0.15, -0.1) is 0 Å². The molecular weight excluding hydrogens is 410 g/mol. The van der Waals surface area contributed by atoms with E-state index in [-0.39, 0.29) is 17.7 Å². The van der Waals surface area contributed by atoms with Gasteiger partial charge >= 0.3 is 0 Å². The van der Waals surface area contributed by atoms with Crippen molar-refractivity contribution in [3.05, 3.63) is 59.7 Å². The van der Waals surface area contributed by atoms with Crippen molar-refractivity contribution in [2.75, 3.05) is 33.4 Å². The van der Waals surface area contributed by atoms with E-state index in [1.54, 1.807) is 60.5 Å². The standard InChI is InChI=1S/C24H29N3O5/c1-31-16-2-13-26-23(29)18-11-14-27(15-12-18)24(30)19-5-9-21(10-6-19)32-20-7-3-17(4-8-20)22(25)28/h3-10,18H,2,11-16H2,1H3,(H2,25,28)(H,26,29). The Kier molecular flexibility index (Phi) is 8.21. The molecular formula is C24H29N3O5. The maximum atomic E-state index is 12.8. The number of hydrogen-bond donors (Lipinski definition) is 2. The number of nitrogens with zero attached hydrogens (tertiary/aromatic N) is 1. The molecule has 0 spiro atoms. The van der Waals surface area contributed by atoms with Crippen LogP contribution in [0.5, 0.6) is 11.5 Å². The Morgan fingerprint density at radius 1 is 0.969 bits per heavy atom. The number of piperidine rings is 1. The molecule has 0 saturated carbocycles. The molecule has 0 aliphatic carbocycles.